The molecule has 0 spiro atoms. The van der Waals surface area contributed by atoms with Crippen LogP contribution in [-0.4, -0.2) is 10.9 Å². The summed E-state index contributed by atoms with van der Waals surface area (Å²) >= 11 is 1.65. The van der Waals surface area contributed by atoms with Crippen LogP contribution in [-0.2, 0) is 4.93 Å². The fourth-order valence-corrected chi connectivity index (χ4v) is 2.77. The van der Waals surface area contributed by atoms with Gasteiger partial charge in [-0.2, -0.15) is 0 Å². The van der Waals surface area contributed by atoms with Crippen LogP contribution in [0.4, 0.5) is 0 Å². The van der Waals surface area contributed by atoms with Gasteiger partial charge in [-0.3, -0.25) is 0 Å². The third-order valence-electron chi connectivity index (χ3n) is 2.23. The fourth-order valence-electron chi connectivity index (χ4n) is 1.55. The Labute approximate surface area is 76.8 Å². The highest BCUT2D eigenvalue weighted by atomic mass is 32.2. The normalized spacial score (nSPS) is 29.1. The zero-order valence-electron chi connectivity index (χ0n) is 6.86. The summed E-state index contributed by atoms with van der Waals surface area (Å²) in [5.41, 5.74) is 1.05. The molecule has 2 heteroatoms. The Morgan fingerprint density at radius 1 is 1.25 bits per heavy atom. The molecule has 1 aromatic rings. The van der Waals surface area contributed by atoms with Crippen LogP contribution in [0, 0.1) is 0 Å². The molecule has 64 valence electrons. The van der Waals surface area contributed by atoms with Crippen LogP contribution in [0.1, 0.15) is 18.4 Å². The maximum Gasteiger partial charge on any atom is 0.136 e. The van der Waals surface area contributed by atoms with Gasteiger partial charge < -0.3 is 5.11 Å². The third-order valence-corrected chi connectivity index (χ3v) is 3.64. The van der Waals surface area contributed by atoms with E-state index in [9.17, 15) is 5.11 Å². The molecule has 12 heavy (non-hydrogen) atoms. The Morgan fingerprint density at radius 2 is 2.00 bits per heavy atom. The first kappa shape index (κ1) is 8.14. The lowest BCUT2D eigenvalue weighted by molar-refractivity contribution is 0.135. The van der Waals surface area contributed by atoms with E-state index in [-0.39, 0.29) is 0 Å². The van der Waals surface area contributed by atoms with Crippen LogP contribution >= 0.6 is 11.8 Å². The van der Waals surface area contributed by atoms with Crippen molar-refractivity contribution < 1.29 is 5.11 Å². The Kier molecular flexibility index (Phi) is 2.11. The number of hydrogen-bond acceptors (Lipinski definition) is 2. The van der Waals surface area contributed by atoms with Crippen molar-refractivity contribution in [3.63, 3.8) is 0 Å². The average Bonchev–Trinajstić information content (AvgIpc) is 2.55. The summed E-state index contributed by atoms with van der Waals surface area (Å²) in [5.74, 6) is 1.07. The molecule has 1 aliphatic rings. The smallest absolute Gasteiger partial charge is 0.136 e. The lowest BCUT2D eigenvalue weighted by Gasteiger charge is -2.21. The summed E-state index contributed by atoms with van der Waals surface area (Å²) in [6, 6.07) is 9.93. The SMILES string of the molecule is OC1(c2ccccc2)CCCS1. The van der Waals surface area contributed by atoms with Crippen LogP contribution in [0.5, 0.6) is 0 Å². The van der Waals surface area contributed by atoms with Crippen molar-refractivity contribution in [3.05, 3.63) is 35.9 Å². The second-order valence-corrected chi connectivity index (χ2v) is 4.47. The van der Waals surface area contributed by atoms with Crippen molar-refractivity contribution in [1.29, 1.82) is 0 Å². The summed E-state index contributed by atoms with van der Waals surface area (Å²) in [4.78, 5) is -0.596. The van der Waals surface area contributed by atoms with E-state index in [1.165, 1.54) is 0 Å². The molecular formula is C10H12OS. The number of thioether (sulfide) groups is 1. The second-order valence-electron chi connectivity index (χ2n) is 3.10. The van der Waals surface area contributed by atoms with Gasteiger partial charge in [0, 0.05) is 0 Å². The number of benzene rings is 1. The molecule has 0 saturated carbocycles. The predicted octanol–water partition coefficient (Wildman–Crippen LogP) is 2.36. The molecule has 1 N–H and O–H groups in total. The Balaban J connectivity index is 2.29. The molecule has 1 aromatic carbocycles. The van der Waals surface area contributed by atoms with E-state index in [1.807, 2.05) is 30.3 Å². The average molecular weight is 180 g/mol. The zero-order valence-corrected chi connectivity index (χ0v) is 7.68. The number of hydrogen-bond donors (Lipinski definition) is 1. The van der Waals surface area contributed by atoms with Crippen molar-refractivity contribution in [1.82, 2.24) is 0 Å². The molecule has 1 nitrogen and oxygen atoms in total. The fraction of sp³-hybridized carbons (Fsp3) is 0.400. The van der Waals surface area contributed by atoms with Gasteiger partial charge in [-0.1, -0.05) is 30.3 Å². The first-order chi connectivity index (χ1) is 5.81. The summed E-state index contributed by atoms with van der Waals surface area (Å²) in [7, 11) is 0. The van der Waals surface area contributed by atoms with Crippen LogP contribution in [0.2, 0.25) is 0 Å². The van der Waals surface area contributed by atoms with E-state index in [0.29, 0.717) is 0 Å². The summed E-state index contributed by atoms with van der Waals surface area (Å²) in [6.45, 7) is 0. The van der Waals surface area contributed by atoms with E-state index in [1.54, 1.807) is 11.8 Å². The predicted molar refractivity (Wildman–Crippen MR) is 52.0 cm³/mol. The van der Waals surface area contributed by atoms with Gasteiger partial charge in [-0.05, 0) is 24.2 Å². The molecule has 0 aromatic heterocycles. The van der Waals surface area contributed by atoms with Gasteiger partial charge in [-0.15, -0.1) is 11.8 Å². The summed E-state index contributed by atoms with van der Waals surface area (Å²) in [6.07, 6.45) is 2.01. The minimum Gasteiger partial charge on any atom is -0.375 e. The second kappa shape index (κ2) is 3.11. The van der Waals surface area contributed by atoms with Crippen LogP contribution in [0.25, 0.3) is 0 Å². The van der Waals surface area contributed by atoms with Gasteiger partial charge in [0.15, 0.2) is 0 Å². The highest BCUT2D eigenvalue weighted by Crippen LogP contribution is 2.43. The van der Waals surface area contributed by atoms with Crippen molar-refractivity contribution in [2.45, 2.75) is 17.8 Å². The highest BCUT2D eigenvalue weighted by Gasteiger charge is 2.33. The van der Waals surface area contributed by atoms with Gasteiger partial charge >= 0.3 is 0 Å². The zero-order chi connectivity index (χ0) is 8.44. The van der Waals surface area contributed by atoms with Crippen molar-refractivity contribution in [2.75, 3.05) is 5.75 Å². The Bertz CT molecular complexity index is 252. The number of aliphatic hydroxyl groups is 1. The monoisotopic (exact) mass is 180 g/mol. The molecule has 0 radical (unpaired) electrons. The summed E-state index contributed by atoms with van der Waals surface area (Å²) < 4.78 is 0. The van der Waals surface area contributed by atoms with E-state index < -0.39 is 4.93 Å². The maximum absolute atomic E-state index is 10.1. The van der Waals surface area contributed by atoms with Gasteiger partial charge in [0.1, 0.15) is 4.93 Å². The van der Waals surface area contributed by atoms with Gasteiger partial charge in [-0.25, -0.2) is 0 Å². The molecular weight excluding hydrogens is 168 g/mol. The Hall–Kier alpha value is -0.470. The van der Waals surface area contributed by atoms with Crippen LogP contribution in [0.3, 0.4) is 0 Å². The van der Waals surface area contributed by atoms with E-state index in [2.05, 4.69) is 0 Å². The lowest BCUT2D eigenvalue weighted by Crippen LogP contribution is -2.16. The molecule has 1 aliphatic heterocycles. The summed E-state index contributed by atoms with van der Waals surface area (Å²) in [5, 5.41) is 10.1. The Morgan fingerprint density at radius 3 is 2.58 bits per heavy atom. The topological polar surface area (TPSA) is 20.2 Å². The maximum atomic E-state index is 10.1. The highest BCUT2D eigenvalue weighted by molar-refractivity contribution is 8.00. The largest absolute Gasteiger partial charge is 0.375 e. The van der Waals surface area contributed by atoms with Gasteiger partial charge in [0.05, 0.1) is 0 Å². The quantitative estimate of drug-likeness (QED) is 0.716. The lowest BCUT2D eigenvalue weighted by atomic mass is 10.1. The van der Waals surface area contributed by atoms with Crippen molar-refractivity contribution in [2.24, 2.45) is 0 Å². The molecule has 0 amide bonds. The molecule has 1 atom stereocenters. The minimum absolute atomic E-state index is 0.596. The first-order valence-electron chi connectivity index (χ1n) is 4.23. The van der Waals surface area contributed by atoms with Gasteiger partial charge in [0.2, 0.25) is 0 Å². The first-order valence-corrected chi connectivity index (χ1v) is 5.22. The van der Waals surface area contributed by atoms with E-state index in [0.717, 1.165) is 24.2 Å². The molecule has 1 heterocycles. The molecule has 2 rings (SSSR count). The van der Waals surface area contributed by atoms with Crippen molar-refractivity contribution in [3.8, 4) is 0 Å². The third kappa shape index (κ3) is 1.37. The van der Waals surface area contributed by atoms with Crippen molar-refractivity contribution >= 4 is 11.8 Å². The standard InChI is InChI=1S/C10H12OS/c11-10(7-4-8-12-10)9-5-2-1-3-6-9/h1-3,5-6,11H,4,7-8H2. The molecule has 1 saturated heterocycles. The molecule has 1 unspecified atom stereocenters. The van der Waals surface area contributed by atoms with Gasteiger partial charge in [0.25, 0.3) is 0 Å². The number of rotatable bonds is 1. The minimum atomic E-state index is -0.596. The van der Waals surface area contributed by atoms with Crippen LogP contribution in [0.15, 0.2) is 30.3 Å². The van der Waals surface area contributed by atoms with Crippen LogP contribution < -0.4 is 0 Å². The molecule has 0 bridgehead atoms. The van der Waals surface area contributed by atoms with E-state index >= 15 is 0 Å². The molecule has 0 aliphatic carbocycles. The van der Waals surface area contributed by atoms with E-state index in [4.69, 9.17) is 0 Å². The molecule has 1 fully saturated rings.